The second-order valence-corrected chi connectivity index (χ2v) is 6.87. The molecule has 29 heavy (non-hydrogen) atoms. The van der Waals surface area contributed by atoms with Gasteiger partial charge in [0, 0.05) is 38.1 Å². The van der Waals surface area contributed by atoms with Crippen LogP contribution in [0.2, 0.25) is 5.02 Å². The van der Waals surface area contributed by atoms with Crippen LogP contribution in [0.1, 0.15) is 12.8 Å². The molecule has 0 aliphatic carbocycles. The number of halogens is 2. The third-order valence-corrected chi connectivity index (χ3v) is 4.71. The monoisotopic (exact) mass is 422 g/mol. The van der Waals surface area contributed by atoms with Gasteiger partial charge >= 0.3 is 5.97 Å². The average Bonchev–Trinajstić information content (AvgIpc) is 3.34. The van der Waals surface area contributed by atoms with Crippen molar-refractivity contribution < 1.29 is 23.6 Å². The van der Waals surface area contributed by atoms with Crippen LogP contribution in [0.25, 0.3) is 11.6 Å². The zero-order valence-electron chi connectivity index (χ0n) is 15.0. The number of aromatic nitrogens is 5. The Morgan fingerprint density at radius 3 is 2.90 bits per heavy atom. The SMILES string of the molecule is O=C(O)Cn1nnc(-c2cc(N3CCC(Oc4cc(F)ccc4Cl)CC3)no2)n1. The molecule has 1 aliphatic heterocycles. The maximum atomic E-state index is 13.4. The molecule has 2 aromatic heterocycles. The van der Waals surface area contributed by atoms with Gasteiger partial charge in [0.25, 0.3) is 0 Å². The first kappa shape index (κ1) is 19.1. The summed E-state index contributed by atoms with van der Waals surface area (Å²) in [5.74, 6) is -0.0746. The Morgan fingerprint density at radius 2 is 2.14 bits per heavy atom. The van der Waals surface area contributed by atoms with E-state index in [2.05, 4.69) is 20.6 Å². The lowest BCUT2D eigenvalue weighted by molar-refractivity contribution is -0.138. The minimum Gasteiger partial charge on any atom is -0.489 e. The number of benzene rings is 1. The second kappa shape index (κ2) is 8.03. The molecule has 0 atom stereocenters. The van der Waals surface area contributed by atoms with Crippen LogP contribution in [0.4, 0.5) is 10.2 Å². The van der Waals surface area contributed by atoms with Crippen LogP contribution in [-0.4, -0.2) is 55.6 Å². The number of rotatable bonds is 6. The first-order valence-electron chi connectivity index (χ1n) is 8.81. The maximum absolute atomic E-state index is 13.4. The molecule has 0 unspecified atom stereocenters. The van der Waals surface area contributed by atoms with E-state index in [0.29, 0.717) is 48.3 Å². The van der Waals surface area contributed by atoms with Crippen LogP contribution in [0.15, 0.2) is 28.8 Å². The van der Waals surface area contributed by atoms with E-state index in [4.69, 9.17) is 26.0 Å². The van der Waals surface area contributed by atoms with E-state index in [9.17, 15) is 9.18 Å². The van der Waals surface area contributed by atoms with Crippen molar-refractivity contribution in [2.75, 3.05) is 18.0 Å². The van der Waals surface area contributed by atoms with Crippen molar-refractivity contribution in [3.8, 4) is 17.3 Å². The van der Waals surface area contributed by atoms with Crippen molar-refractivity contribution in [2.45, 2.75) is 25.5 Å². The Morgan fingerprint density at radius 1 is 1.34 bits per heavy atom. The highest BCUT2D eigenvalue weighted by Gasteiger charge is 2.24. The quantitative estimate of drug-likeness (QED) is 0.637. The van der Waals surface area contributed by atoms with Crippen LogP contribution in [0.3, 0.4) is 0 Å². The van der Waals surface area contributed by atoms with Crippen molar-refractivity contribution in [1.82, 2.24) is 25.4 Å². The summed E-state index contributed by atoms with van der Waals surface area (Å²) in [5, 5.41) is 24.5. The number of piperidine rings is 1. The summed E-state index contributed by atoms with van der Waals surface area (Å²) in [6.07, 6.45) is 1.30. The number of hydrogen-bond donors (Lipinski definition) is 1. The molecule has 3 aromatic rings. The van der Waals surface area contributed by atoms with E-state index in [1.807, 2.05) is 4.90 Å². The summed E-state index contributed by atoms with van der Waals surface area (Å²) in [6.45, 7) is 0.919. The van der Waals surface area contributed by atoms with Gasteiger partial charge in [-0.25, -0.2) is 4.39 Å². The Bertz CT molecular complexity index is 1020. The van der Waals surface area contributed by atoms with Gasteiger partial charge < -0.3 is 19.3 Å². The van der Waals surface area contributed by atoms with Gasteiger partial charge in [0.05, 0.1) is 5.02 Å². The summed E-state index contributed by atoms with van der Waals surface area (Å²) in [4.78, 5) is 13.7. The van der Waals surface area contributed by atoms with Gasteiger partial charge in [-0.2, -0.15) is 4.80 Å². The van der Waals surface area contributed by atoms with Gasteiger partial charge in [0.2, 0.25) is 11.6 Å². The minimum absolute atomic E-state index is 0.0884. The molecule has 0 saturated carbocycles. The summed E-state index contributed by atoms with van der Waals surface area (Å²) >= 11 is 6.05. The number of hydrogen-bond acceptors (Lipinski definition) is 8. The fourth-order valence-corrected chi connectivity index (χ4v) is 3.16. The predicted octanol–water partition coefficient (Wildman–Crippen LogP) is 2.25. The largest absolute Gasteiger partial charge is 0.489 e. The Labute approximate surface area is 168 Å². The molecule has 0 bridgehead atoms. The third-order valence-electron chi connectivity index (χ3n) is 4.40. The molecule has 1 aliphatic rings. The standard InChI is InChI=1S/C17H16ClFN6O4/c18-12-2-1-10(19)7-13(12)28-11-3-5-24(6-4-11)15-8-14(29-22-15)17-20-23-25(21-17)9-16(26)27/h1-2,7-8,11H,3-6,9H2,(H,26,27). The Hall–Kier alpha value is -3.21. The van der Waals surface area contributed by atoms with Crippen LogP contribution < -0.4 is 9.64 Å². The van der Waals surface area contributed by atoms with Gasteiger partial charge in [-0.1, -0.05) is 16.8 Å². The number of tetrazole rings is 1. The minimum atomic E-state index is -1.07. The number of anilines is 1. The van der Waals surface area contributed by atoms with Crippen LogP contribution >= 0.6 is 11.6 Å². The molecule has 1 aromatic carbocycles. The number of carboxylic acid groups (broad SMARTS) is 1. The van der Waals surface area contributed by atoms with Crippen LogP contribution in [0.5, 0.6) is 5.75 Å². The molecule has 1 saturated heterocycles. The van der Waals surface area contributed by atoms with Crippen molar-refractivity contribution in [3.63, 3.8) is 0 Å². The molecule has 0 spiro atoms. The Kier molecular flexibility index (Phi) is 5.30. The lowest BCUT2D eigenvalue weighted by Crippen LogP contribution is -2.38. The molecule has 152 valence electrons. The number of nitrogens with zero attached hydrogens (tertiary/aromatic N) is 6. The number of carboxylic acids is 1. The zero-order valence-corrected chi connectivity index (χ0v) is 15.8. The molecule has 1 fully saturated rings. The lowest BCUT2D eigenvalue weighted by atomic mass is 10.1. The molecule has 4 rings (SSSR count). The highest BCUT2D eigenvalue weighted by molar-refractivity contribution is 6.32. The van der Waals surface area contributed by atoms with E-state index in [1.54, 1.807) is 6.07 Å². The summed E-state index contributed by atoms with van der Waals surface area (Å²) in [5.41, 5.74) is 0. The van der Waals surface area contributed by atoms with Crippen LogP contribution in [0, 0.1) is 5.82 Å². The zero-order chi connectivity index (χ0) is 20.4. The topological polar surface area (TPSA) is 119 Å². The van der Waals surface area contributed by atoms with Gasteiger partial charge in [-0.05, 0) is 17.3 Å². The summed E-state index contributed by atoms with van der Waals surface area (Å²) in [7, 11) is 0. The van der Waals surface area contributed by atoms with E-state index < -0.39 is 18.3 Å². The van der Waals surface area contributed by atoms with Gasteiger partial charge in [0.15, 0.2) is 12.4 Å². The smallest absolute Gasteiger partial charge is 0.327 e. The molecule has 3 heterocycles. The van der Waals surface area contributed by atoms with E-state index in [1.165, 1.54) is 18.2 Å². The first-order valence-corrected chi connectivity index (χ1v) is 9.19. The molecule has 12 heteroatoms. The van der Waals surface area contributed by atoms with Gasteiger partial charge in [-0.15, -0.1) is 10.2 Å². The summed E-state index contributed by atoms with van der Waals surface area (Å²) < 4.78 is 24.5. The Balaban J connectivity index is 1.36. The van der Waals surface area contributed by atoms with Crippen LogP contribution in [-0.2, 0) is 11.3 Å². The maximum Gasteiger partial charge on any atom is 0.327 e. The highest BCUT2D eigenvalue weighted by Crippen LogP contribution is 2.29. The molecule has 0 amide bonds. The van der Waals surface area contributed by atoms with Crippen molar-refractivity contribution in [1.29, 1.82) is 0 Å². The third kappa shape index (κ3) is 4.45. The lowest BCUT2D eigenvalue weighted by Gasteiger charge is -2.32. The van der Waals surface area contributed by atoms with E-state index in [-0.39, 0.29) is 11.9 Å². The van der Waals surface area contributed by atoms with Gasteiger partial charge in [-0.3, -0.25) is 4.79 Å². The number of aliphatic carboxylic acids is 1. The molecule has 0 radical (unpaired) electrons. The molecular formula is C17H16ClFN6O4. The summed E-state index contributed by atoms with van der Waals surface area (Å²) in [6, 6.07) is 5.71. The molecule has 10 nitrogen and oxygen atoms in total. The first-order chi connectivity index (χ1) is 14.0. The van der Waals surface area contributed by atoms with Crippen molar-refractivity contribution in [3.05, 3.63) is 35.1 Å². The second-order valence-electron chi connectivity index (χ2n) is 6.47. The molecule has 1 N–H and O–H groups in total. The van der Waals surface area contributed by atoms with Gasteiger partial charge in [0.1, 0.15) is 17.7 Å². The fourth-order valence-electron chi connectivity index (χ4n) is 3.00. The fraction of sp³-hybridized carbons (Fsp3) is 0.353. The van der Waals surface area contributed by atoms with E-state index in [0.717, 1.165) is 4.80 Å². The average molecular weight is 423 g/mol. The van der Waals surface area contributed by atoms with Crippen molar-refractivity contribution in [2.24, 2.45) is 0 Å². The van der Waals surface area contributed by atoms with Crippen molar-refractivity contribution >= 4 is 23.4 Å². The number of ether oxygens (including phenoxy) is 1. The van der Waals surface area contributed by atoms with E-state index >= 15 is 0 Å². The number of carbonyl (C=O) groups is 1. The predicted molar refractivity (Wildman–Crippen MR) is 98.2 cm³/mol. The highest BCUT2D eigenvalue weighted by atomic mass is 35.5. The normalized spacial score (nSPS) is 14.9. The molecular weight excluding hydrogens is 407 g/mol.